The number of rotatable bonds is 6. The molecule has 150 valence electrons. The number of hydrogen-bond acceptors (Lipinski definition) is 4. The Morgan fingerprint density at radius 2 is 2.03 bits per heavy atom. The number of piperidine rings is 1. The van der Waals surface area contributed by atoms with E-state index in [0.29, 0.717) is 23.3 Å². The molecule has 4 rings (SSSR count). The molecule has 6 nitrogen and oxygen atoms in total. The third-order valence-corrected chi connectivity index (χ3v) is 5.54. The number of anilines is 1. The van der Waals surface area contributed by atoms with Crippen LogP contribution in [0.3, 0.4) is 0 Å². The normalized spacial score (nSPS) is 17.2. The average molecular weight is 410 g/mol. The highest BCUT2D eigenvalue weighted by Gasteiger charge is 2.25. The first-order valence-corrected chi connectivity index (χ1v) is 10.3. The average Bonchev–Trinajstić information content (AvgIpc) is 3.25. The lowest BCUT2D eigenvalue weighted by molar-refractivity contribution is -0.118. The summed E-state index contributed by atoms with van der Waals surface area (Å²) >= 11 is 6.16. The number of nitrogens with zero attached hydrogens (tertiary/aromatic N) is 4. The van der Waals surface area contributed by atoms with Crippen LogP contribution in [-0.4, -0.2) is 44.7 Å². The number of amides is 1. The molecule has 0 bridgehead atoms. The molecule has 1 amide bonds. The van der Waals surface area contributed by atoms with Gasteiger partial charge in [-0.05, 0) is 49.6 Å². The van der Waals surface area contributed by atoms with E-state index < -0.39 is 0 Å². The number of carbonyl (C=O) groups excluding carboxylic acids is 1. The monoisotopic (exact) mass is 409 g/mol. The highest BCUT2D eigenvalue weighted by Crippen LogP contribution is 2.25. The summed E-state index contributed by atoms with van der Waals surface area (Å²) in [5.74, 6) is -0.0476. The summed E-state index contributed by atoms with van der Waals surface area (Å²) in [7, 11) is 0. The molecular weight excluding hydrogens is 386 g/mol. The third kappa shape index (κ3) is 5.02. The van der Waals surface area contributed by atoms with E-state index in [1.54, 1.807) is 23.1 Å². The molecule has 29 heavy (non-hydrogen) atoms. The molecule has 1 aliphatic heterocycles. The van der Waals surface area contributed by atoms with Crippen molar-refractivity contribution in [3.8, 4) is 5.69 Å². The van der Waals surface area contributed by atoms with Crippen LogP contribution in [0.5, 0.6) is 0 Å². The van der Waals surface area contributed by atoms with Crippen molar-refractivity contribution in [1.82, 2.24) is 19.7 Å². The zero-order chi connectivity index (χ0) is 20.1. The van der Waals surface area contributed by atoms with Gasteiger partial charge in [0.2, 0.25) is 5.91 Å². The summed E-state index contributed by atoms with van der Waals surface area (Å²) < 4.78 is 1.62. The van der Waals surface area contributed by atoms with Crippen molar-refractivity contribution in [2.24, 2.45) is 0 Å². The van der Waals surface area contributed by atoms with Crippen molar-refractivity contribution in [2.75, 3.05) is 18.4 Å². The van der Waals surface area contributed by atoms with E-state index in [-0.39, 0.29) is 5.91 Å². The number of aromatic nitrogens is 3. The Morgan fingerprint density at radius 3 is 2.83 bits per heavy atom. The predicted molar refractivity (Wildman–Crippen MR) is 114 cm³/mol. The van der Waals surface area contributed by atoms with E-state index in [1.807, 2.05) is 12.1 Å². The summed E-state index contributed by atoms with van der Waals surface area (Å²) in [6.45, 7) is 1.30. The fourth-order valence-electron chi connectivity index (χ4n) is 3.90. The Labute approximate surface area is 175 Å². The molecule has 0 radical (unpaired) electrons. The van der Waals surface area contributed by atoms with Crippen LogP contribution in [0.4, 0.5) is 5.69 Å². The lowest BCUT2D eigenvalue weighted by Gasteiger charge is -2.35. The number of likely N-dealkylation sites (tertiary alicyclic amines) is 1. The van der Waals surface area contributed by atoms with Gasteiger partial charge >= 0.3 is 0 Å². The van der Waals surface area contributed by atoms with Crippen LogP contribution in [0.25, 0.3) is 5.69 Å². The van der Waals surface area contributed by atoms with E-state index in [1.165, 1.54) is 18.3 Å². The first kappa shape index (κ1) is 19.6. The van der Waals surface area contributed by atoms with Gasteiger partial charge in [-0.2, -0.15) is 5.10 Å². The minimum absolute atomic E-state index is 0.0476. The number of nitrogens with one attached hydrogen (secondary N) is 1. The summed E-state index contributed by atoms with van der Waals surface area (Å²) in [5.41, 5.74) is 2.68. The molecule has 1 unspecified atom stereocenters. The van der Waals surface area contributed by atoms with E-state index in [2.05, 4.69) is 44.6 Å². The Kier molecular flexibility index (Phi) is 6.22. The predicted octanol–water partition coefficient (Wildman–Crippen LogP) is 3.96. The Hall–Kier alpha value is -2.70. The molecule has 1 N–H and O–H groups in total. The molecule has 1 atom stereocenters. The van der Waals surface area contributed by atoms with Crippen LogP contribution in [-0.2, 0) is 11.2 Å². The first-order valence-electron chi connectivity index (χ1n) is 9.91. The molecule has 3 aromatic rings. The van der Waals surface area contributed by atoms with Crippen molar-refractivity contribution >= 4 is 23.2 Å². The second-order valence-electron chi connectivity index (χ2n) is 7.36. The minimum Gasteiger partial charge on any atom is -0.323 e. The van der Waals surface area contributed by atoms with E-state index in [4.69, 9.17) is 11.6 Å². The van der Waals surface area contributed by atoms with Gasteiger partial charge in [0.25, 0.3) is 0 Å². The molecule has 2 heterocycles. The second kappa shape index (κ2) is 9.20. The largest absolute Gasteiger partial charge is 0.323 e. The summed E-state index contributed by atoms with van der Waals surface area (Å²) in [6.07, 6.45) is 7.47. The van der Waals surface area contributed by atoms with Crippen molar-refractivity contribution in [3.05, 3.63) is 71.8 Å². The van der Waals surface area contributed by atoms with Gasteiger partial charge in [-0.3, -0.25) is 9.69 Å². The van der Waals surface area contributed by atoms with Gasteiger partial charge in [0.1, 0.15) is 12.7 Å². The van der Waals surface area contributed by atoms with Gasteiger partial charge in [-0.1, -0.05) is 48.4 Å². The molecular formula is C22H24ClN5O. The lowest BCUT2D eigenvalue weighted by atomic mass is 9.95. The topological polar surface area (TPSA) is 63.1 Å². The SMILES string of the molecule is O=C(CN1CCCCC1Cc1ccccc1)Nc1cc(Cl)ccc1-n1cncn1. The summed E-state index contributed by atoms with van der Waals surface area (Å²) in [4.78, 5) is 19.2. The van der Waals surface area contributed by atoms with Crippen molar-refractivity contribution in [2.45, 2.75) is 31.7 Å². The van der Waals surface area contributed by atoms with Crippen molar-refractivity contribution in [1.29, 1.82) is 0 Å². The molecule has 1 aliphatic rings. The van der Waals surface area contributed by atoms with Gasteiger partial charge in [-0.15, -0.1) is 0 Å². The smallest absolute Gasteiger partial charge is 0.238 e. The van der Waals surface area contributed by atoms with E-state index in [0.717, 1.165) is 31.5 Å². The highest BCUT2D eigenvalue weighted by atomic mass is 35.5. The zero-order valence-corrected chi connectivity index (χ0v) is 16.9. The Morgan fingerprint density at radius 1 is 1.17 bits per heavy atom. The van der Waals surface area contributed by atoms with Crippen LogP contribution < -0.4 is 5.32 Å². The van der Waals surface area contributed by atoms with Gasteiger partial charge in [0, 0.05) is 11.1 Å². The number of benzene rings is 2. The fourth-order valence-corrected chi connectivity index (χ4v) is 4.07. The molecule has 0 aliphatic carbocycles. The van der Waals surface area contributed by atoms with Gasteiger partial charge < -0.3 is 5.32 Å². The summed E-state index contributed by atoms with van der Waals surface area (Å²) in [6, 6.07) is 16.2. The molecule has 1 aromatic heterocycles. The standard InChI is InChI=1S/C22H24ClN5O/c23-18-9-10-21(28-16-24-15-25-28)20(13-18)26-22(29)14-27-11-5-4-8-19(27)12-17-6-2-1-3-7-17/h1-3,6-7,9-10,13,15-16,19H,4-5,8,11-12,14H2,(H,26,29). The van der Waals surface area contributed by atoms with Crippen LogP contribution in [0, 0.1) is 0 Å². The maximum atomic E-state index is 12.9. The Bertz CT molecular complexity index is 945. The molecule has 1 fully saturated rings. The fraction of sp³-hybridized carbons (Fsp3) is 0.318. The molecule has 1 saturated heterocycles. The van der Waals surface area contributed by atoms with Crippen molar-refractivity contribution in [3.63, 3.8) is 0 Å². The van der Waals surface area contributed by atoms with Crippen LogP contribution in [0.15, 0.2) is 61.2 Å². The minimum atomic E-state index is -0.0476. The van der Waals surface area contributed by atoms with Crippen molar-refractivity contribution < 1.29 is 4.79 Å². The summed E-state index contributed by atoms with van der Waals surface area (Å²) in [5, 5.41) is 7.74. The van der Waals surface area contributed by atoms with Crippen LogP contribution in [0.1, 0.15) is 24.8 Å². The van der Waals surface area contributed by atoms with E-state index in [9.17, 15) is 4.79 Å². The molecule has 7 heteroatoms. The molecule has 2 aromatic carbocycles. The van der Waals surface area contributed by atoms with Crippen LogP contribution in [0.2, 0.25) is 5.02 Å². The van der Waals surface area contributed by atoms with Gasteiger partial charge in [0.05, 0.1) is 17.9 Å². The highest BCUT2D eigenvalue weighted by molar-refractivity contribution is 6.31. The first-order chi connectivity index (χ1) is 14.2. The number of halogens is 1. The third-order valence-electron chi connectivity index (χ3n) is 5.31. The molecule has 0 saturated carbocycles. The van der Waals surface area contributed by atoms with Crippen LogP contribution >= 0.6 is 11.6 Å². The van der Waals surface area contributed by atoms with Gasteiger partial charge in [0.15, 0.2) is 0 Å². The maximum absolute atomic E-state index is 12.9. The number of carbonyl (C=O) groups is 1. The maximum Gasteiger partial charge on any atom is 0.238 e. The van der Waals surface area contributed by atoms with E-state index >= 15 is 0 Å². The quantitative estimate of drug-likeness (QED) is 0.669. The number of hydrogen-bond donors (Lipinski definition) is 1. The Balaban J connectivity index is 1.45. The lowest BCUT2D eigenvalue weighted by Crippen LogP contribution is -2.45. The zero-order valence-electron chi connectivity index (χ0n) is 16.2. The molecule has 0 spiro atoms. The van der Waals surface area contributed by atoms with Gasteiger partial charge in [-0.25, -0.2) is 9.67 Å². The second-order valence-corrected chi connectivity index (χ2v) is 7.80.